The van der Waals surface area contributed by atoms with Crippen LogP contribution in [0.2, 0.25) is 10.0 Å². The third-order valence-corrected chi connectivity index (χ3v) is 3.64. The fourth-order valence-corrected chi connectivity index (χ4v) is 2.63. The Morgan fingerprint density at radius 3 is 1.95 bits per heavy atom. The molecule has 0 amide bonds. The molecule has 0 heterocycles. The van der Waals surface area contributed by atoms with Gasteiger partial charge in [-0.25, -0.2) is 0 Å². The molecule has 0 saturated heterocycles. The Morgan fingerprint density at radius 1 is 0.909 bits per heavy atom. The van der Waals surface area contributed by atoms with E-state index in [0.717, 1.165) is 15.8 Å². The summed E-state index contributed by atoms with van der Waals surface area (Å²) < 4.78 is 12.1. The zero-order valence-electron chi connectivity index (χ0n) is 12.8. The third-order valence-electron chi connectivity index (χ3n) is 2.55. The fraction of sp³-hybridized carbons (Fsp3) is 0.294. The van der Waals surface area contributed by atoms with Crippen molar-refractivity contribution in [3.63, 3.8) is 0 Å². The van der Waals surface area contributed by atoms with E-state index in [0.29, 0.717) is 29.0 Å². The highest BCUT2D eigenvalue weighted by Crippen LogP contribution is 2.33. The predicted octanol–water partition coefficient (Wildman–Crippen LogP) is 6.55. The molecule has 120 valence electrons. The first-order valence-electron chi connectivity index (χ1n) is 7.03. The second-order valence-corrected chi connectivity index (χ2v) is 5.94. The molecule has 0 aromatic heterocycles. The molecule has 0 aliphatic rings. The zero-order chi connectivity index (χ0) is 16.5. The molecule has 0 unspecified atom stereocenters. The minimum Gasteiger partial charge on any atom is -0.490 e. The van der Waals surface area contributed by atoms with Crippen LogP contribution >= 0.6 is 39.1 Å². The average molecular weight is 406 g/mol. The van der Waals surface area contributed by atoms with Crippen molar-refractivity contribution in [1.29, 1.82) is 0 Å². The van der Waals surface area contributed by atoms with E-state index in [1.165, 1.54) is 0 Å². The molecule has 0 aliphatic carbocycles. The van der Waals surface area contributed by atoms with Crippen LogP contribution < -0.4 is 9.47 Å². The maximum Gasteiger partial charge on any atom is 0.156 e. The lowest BCUT2D eigenvalue weighted by Crippen LogP contribution is -2.09. The molecule has 2 nitrogen and oxygen atoms in total. The molecule has 2 aromatic carbocycles. The average Bonchev–Trinajstić information content (AvgIpc) is 2.49. The Hall–Kier alpha value is -0.900. The summed E-state index contributed by atoms with van der Waals surface area (Å²) in [5.41, 5.74) is 0.999. The van der Waals surface area contributed by atoms with Crippen molar-refractivity contribution in [3.05, 3.63) is 56.5 Å². The summed E-state index contributed by atoms with van der Waals surface area (Å²) in [6.45, 7) is 6.72. The molecule has 0 saturated carbocycles. The van der Waals surface area contributed by atoms with Gasteiger partial charge >= 0.3 is 0 Å². The quantitative estimate of drug-likeness (QED) is 0.525. The van der Waals surface area contributed by atoms with Crippen LogP contribution in [0.15, 0.2) is 40.9 Å². The van der Waals surface area contributed by atoms with Crippen molar-refractivity contribution < 1.29 is 9.47 Å². The number of hydrogen-bond donors (Lipinski definition) is 0. The molecule has 2 aromatic rings. The number of benzene rings is 2. The van der Waals surface area contributed by atoms with Crippen LogP contribution in [0.1, 0.15) is 19.4 Å². The van der Waals surface area contributed by atoms with Crippen LogP contribution in [0, 0.1) is 6.92 Å². The fourth-order valence-electron chi connectivity index (χ4n) is 1.66. The maximum atomic E-state index is 6.09. The van der Waals surface area contributed by atoms with Gasteiger partial charge in [0.15, 0.2) is 5.75 Å². The molecule has 2 rings (SSSR count). The summed E-state index contributed by atoms with van der Waals surface area (Å²) >= 11 is 15.6. The summed E-state index contributed by atoms with van der Waals surface area (Å²) in [5.74, 6) is 1.29. The van der Waals surface area contributed by atoms with Gasteiger partial charge in [0, 0.05) is 4.47 Å². The molecular weight excluding hydrogens is 387 g/mol. The van der Waals surface area contributed by atoms with Crippen LogP contribution in [0.4, 0.5) is 0 Å². The molecular formula is C17H19BrCl2O2. The lowest BCUT2D eigenvalue weighted by Gasteiger charge is -2.11. The van der Waals surface area contributed by atoms with Gasteiger partial charge in [0.05, 0.1) is 10.0 Å². The Kier molecular flexibility index (Phi) is 8.69. The summed E-state index contributed by atoms with van der Waals surface area (Å²) in [6, 6.07) is 11.2. The van der Waals surface area contributed by atoms with Gasteiger partial charge in [-0.3, -0.25) is 0 Å². The molecule has 0 atom stereocenters. The van der Waals surface area contributed by atoms with Crippen LogP contribution in [0.5, 0.6) is 11.5 Å². The predicted molar refractivity (Wildman–Crippen MR) is 97.7 cm³/mol. The van der Waals surface area contributed by atoms with Crippen molar-refractivity contribution in [2.45, 2.75) is 20.8 Å². The van der Waals surface area contributed by atoms with Gasteiger partial charge in [0.1, 0.15) is 19.0 Å². The number of aryl methyl sites for hydroxylation is 1. The summed E-state index contributed by atoms with van der Waals surface area (Å²) in [6.07, 6.45) is 0. The highest BCUT2D eigenvalue weighted by atomic mass is 79.9. The second-order valence-electron chi connectivity index (χ2n) is 4.21. The first-order chi connectivity index (χ1) is 10.6. The minimum absolute atomic E-state index is 0.374. The molecule has 0 aliphatic heterocycles. The van der Waals surface area contributed by atoms with Gasteiger partial charge in [-0.2, -0.15) is 0 Å². The van der Waals surface area contributed by atoms with Gasteiger partial charge < -0.3 is 9.47 Å². The minimum atomic E-state index is 0.374. The molecule has 0 N–H and O–H groups in total. The summed E-state index contributed by atoms with van der Waals surface area (Å²) in [5, 5.41) is 1.03. The van der Waals surface area contributed by atoms with Crippen LogP contribution in [0.3, 0.4) is 0 Å². The van der Waals surface area contributed by atoms with Gasteiger partial charge in [-0.05, 0) is 48.9 Å². The zero-order valence-corrected chi connectivity index (χ0v) is 15.9. The highest BCUT2D eigenvalue weighted by Gasteiger charge is 2.08. The molecule has 0 bridgehead atoms. The van der Waals surface area contributed by atoms with E-state index in [9.17, 15) is 0 Å². The van der Waals surface area contributed by atoms with Crippen LogP contribution in [-0.4, -0.2) is 13.2 Å². The van der Waals surface area contributed by atoms with E-state index in [4.69, 9.17) is 32.7 Å². The molecule has 0 fully saturated rings. The van der Waals surface area contributed by atoms with Crippen molar-refractivity contribution >= 4 is 39.1 Å². The van der Waals surface area contributed by atoms with E-state index in [-0.39, 0.29) is 0 Å². The highest BCUT2D eigenvalue weighted by molar-refractivity contribution is 9.10. The maximum absolute atomic E-state index is 6.09. The molecule has 22 heavy (non-hydrogen) atoms. The summed E-state index contributed by atoms with van der Waals surface area (Å²) in [7, 11) is 0. The standard InChI is InChI=1S/C15H13BrCl2O2.C2H6/c1-10-8-13(17)15(14(18)9-10)20-7-6-19-12-4-2-11(16)3-5-12;1-2/h2-5,8-9H,6-7H2,1H3;1-2H3. The van der Waals surface area contributed by atoms with Crippen molar-refractivity contribution in [1.82, 2.24) is 0 Å². The van der Waals surface area contributed by atoms with Gasteiger partial charge in [-0.15, -0.1) is 0 Å². The van der Waals surface area contributed by atoms with E-state index in [2.05, 4.69) is 15.9 Å². The van der Waals surface area contributed by atoms with Gasteiger partial charge in [-0.1, -0.05) is 53.0 Å². The van der Waals surface area contributed by atoms with Gasteiger partial charge in [0.2, 0.25) is 0 Å². The Bertz CT molecular complexity index is 563. The lowest BCUT2D eigenvalue weighted by atomic mass is 10.2. The van der Waals surface area contributed by atoms with E-state index in [1.807, 2.05) is 57.2 Å². The van der Waals surface area contributed by atoms with E-state index < -0.39 is 0 Å². The SMILES string of the molecule is CC.Cc1cc(Cl)c(OCCOc2ccc(Br)cc2)c(Cl)c1. The van der Waals surface area contributed by atoms with Crippen molar-refractivity contribution in [2.24, 2.45) is 0 Å². The number of halogens is 3. The van der Waals surface area contributed by atoms with Crippen molar-refractivity contribution in [2.75, 3.05) is 13.2 Å². The molecule has 5 heteroatoms. The molecule has 0 spiro atoms. The monoisotopic (exact) mass is 404 g/mol. The van der Waals surface area contributed by atoms with Crippen molar-refractivity contribution in [3.8, 4) is 11.5 Å². The lowest BCUT2D eigenvalue weighted by molar-refractivity contribution is 0.217. The van der Waals surface area contributed by atoms with E-state index >= 15 is 0 Å². The van der Waals surface area contributed by atoms with E-state index in [1.54, 1.807) is 0 Å². The Balaban J connectivity index is 0.00000116. The number of rotatable bonds is 5. The number of hydrogen-bond acceptors (Lipinski definition) is 2. The van der Waals surface area contributed by atoms with Crippen LogP contribution in [-0.2, 0) is 0 Å². The first-order valence-corrected chi connectivity index (χ1v) is 8.58. The largest absolute Gasteiger partial charge is 0.490 e. The number of ether oxygens (including phenoxy) is 2. The van der Waals surface area contributed by atoms with Crippen LogP contribution in [0.25, 0.3) is 0 Å². The second kappa shape index (κ2) is 9.98. The van der Waals surface area contributed by atoms with Gasteiger partial charge in [0.25, 0.3) is 0 Å². The Morgan fingerprint density at radius 2 is 1.41 bits per heavy atom. The normalized spacial score (nSPS) is 9.73. The topological polar surface area (TPSA) is 18.5 Å². The third kappa shape index (κ3) is 6.07. The first kappa shape index (κ1) is 19.1. The molecule has 0 radical (unpaired) electrons. The smallest absolute Gasteiger partial charge is 0.156 e. The summed E-state index contributed by atoms with van der Waals surface area (Å²) in [4.78, 5) is 0. The Labute approximate surface area is 150 Å².